The van der Waals surface area contributed by atoms with Crippen molar-refractivity contribution in [1.82, 2.24) is 24.8 Å². The lowest BCUT2D eigenvalue weighted by Gasteiger charge is -2.35. The summed E-state index contributed by atoms with van der Waals surface area (Å²) in [5.41, 5.74) is 4.75. The Kier molecular flexibility index (Phi) is 7.33. The highest BCUT2D eigenvalue weighted by molar-refractivity contribution is 6.32. The van der Waals surface area contributed by atoms with Crippen molar-refractivity contribution in [3.63, 3.8) is 0 Å². The van der Waals surface area contributed by atoms with E-state index < -0.39 is 0 Å². The number of fused-ring (bicyclic) bond motifs is 6. The largest absolute Gasteiger partial charge is 0.483 e. The van der Waals surface area contributed by atoms with Gasteiger partial charge in [-0.3, -0.25) is 9.78 Å². The van der Waals surface area contributed by atoms with Crippen LogP contribution in [0.15, 0.2) is 61.2 Å². The molecule has 0 saturated carbocycles. The van der Waals surface area contributed by atoms with E-state index in [1.165, 1.54) is 0 Å². The van der Waals surface area contributed by atoms with E-state index in [-0.39, 0.29) is 12.5 Å². The second-order valence-electron chi connectivity index (χ2n) is 9.89. The van der Waals surface area contributed by atoms with Crippen molar-refractivity contribution in [3.8, 4) is 5.75 Å². The maximum Gasteiger partial charge on any atom is 0.260 e. The van der Waals surface area contributed by atoms with E-state index >= 15 is 0 Å². The van der Waals surface area contributed by atoms with Crippen LogP contribution in [0.1, 0.15) is 16.7 Å². The first kappa shape index (κ1) is 25.8. The Labute approximate surface area is 237 Å². The van der Waals surface area contributed by atoms with Crippen molar-refractivity contribution in [2.75, 3.05) is 48.3 Å². The van der Waals surface area contributed by atoms with Gasteiger partial charge >= 0.3 is 0 Å². The predicted octanol–water partition coefficient (Wildman–Crippen LogP) is 4.54. The van der Waals surface area contributed by atoms with Crippen LogP contribution in [0.3, 0.4) is 0 Å². The van der Waals surface area contributed by atoms with Gasteiger partial charge in [0.1, 0.15) is 16.6 Å². The minimum absolute atomic E-state index is 0.0232. The maximum atomic E-state index is 13.0. The van der Waals surface area contributed by atoms with Gasteiger partial charge in [-0.1, -0.05) is 17.7 Å². The van der Waals surface area contributed by atoms with Crippen LogP contribution in [0.4, 0.5) is 29.0 Å². The van der Waals surface area contributed by atoms with Crippen LogP contribution >= 0.6 is 11.6 Å². The Hall–Kier alpha value is -4.44. The van der Waals surface area contributed by atoms with E-state index in [4.69, 9.17) is 16.3 Å². The lowest BCUT2D eigenvalue weighted by atomic mass is 10.0. The van der Waals surface area contributed by atoms with Crippen molar-refractivity contribution in [2.45, 2.75) is 19.8 Å². The highest BCUT2D eigenvalue weighted by atomic mass is 35.5. The van der Waals surface area contributed by atoms with Crippen molar-refractivity contribution >= 4 is 46.5 Å². The smallest absolute Gasteiger partial charge is 0.260 e. The number of aromatic nitrogens is 4. The molecule has 1 aromatic carbocycles. The average molecular weight is 557 g/mol. The van der Waals surface area contributed by atoms with Crippen LogP contribution in [0.25, 0.3) is 0 Å². The van der Waals surface area contributed by atoms with Crippen LogP contribution in [0.5, 0.6) is 5.75 Å². The molecule has 0 unspecified atom stereocenters. The molecule has 6 rings (SSSR count). The van der Waals surface area contributed by atoms with Crippen LogP contribution in [-0.4, -0.2) is 63.5 Å². The van der Waals surface area contributed by atoms with E-state index in [1.807, 2.05) is 54.5 Å². The van der Waals surface area contributed by atoms with Gasteiger partial charge in [0, 0.05) is 44.3 Å². The van der Waals surface area contributed by atoms with Crippen LogP contribution in [0.2, 0.25) is 5.02 Å². The zero-order chi connectivity index (χ0) is 27.5. The molecule has 2 aliphatic heterocycles. The number of benzene rings is 1. The molecule has 0 radical (unpaired) electrons. The standard InChI is InChI=1S/C29H29ClN8O2/c1-19-2-7-26(32-14-19)37-8-10-38(11-9-37)27(39)18-40-25-6-5-22-13-21(25)4-3-20-12-23(16-31-15-20)35-29-33-17-24(30)28(34-22)36-29/h2,5-7,12-17H,3-4,8-11,18H2,1H3,(H2,33,34,35,36). The molecule has 3 aromatic heterocycles. The molecule has 1 fully saturated rings. The van der Waals surface area contributed by atoms with E-state index in [0.29, 0.717) is 42.0 Å². The highest BCUT2D eigenvalue weighted by Crippen LogP contribution is 2.30. The van der Waals surface area contributed by atoms with Gasteiger partial charge in [0.2, 0.25) is 5.95 Å². The fourth-order valence-electron chi connectivity index (χ4n) is 4.81. The topological polar surface area (TPSA) is 108 Å². The number of hydrogen-bond donors (Lipinski definition) is 2. The molecule has 0 atom stereocenters. The number of anilines is 5. The molecule has 2 N–H and O–H groups in total. The van der Waals surface area contributed by atoms with Gasteiger partial charge in [-0.05, 0) is 66.8 Å². The number of halogens is 1. The van der Waals surface area contributed by atoms with Crippen molar-refractivity contribution in [3.05, 3.63) is 82.9 Å². The zero-order valence-electron chi connectivity index (χ0n) is 22.1. The van der Waals surface area contributed by atoms with Gasteiger partial charge in [0.05, 0.1) is 18.1 Å². The molecule has 4 aromatic rings. The Morgan fingerprint density at radius 2 is 1.82 bits per heavy atom. The third-order valence-corrected chi connectivity index (χ3v) is 7.28. The minimum Gasteiger partial charge on any atom is -0.483 e. The summed E-state index contributed by atoms with van der Waals surface area (Å²) in [6, 6.07) is 11.9. The Bertz CT molecular complexity index is 1520. The second kappa shape index (κ2) is 11.4. The molecule has 40 heavy (non-hydrogen) atoms. The van der Waals surface area contributed by atoms with E-state index in [2.05, 4.69) is 41.5 Å². The number of pyridine rings is 2. The molecule has 5 heterocycles. The first-order valence-corrected chi connectivity index (χ1v) is 13.6. The van der Waals surface area contributed by atoms with Gasteiger partial charge in [0.15, 0.2) is 12.4 Å². The van der Waals surface area contributed by atoms with E-state index in [1.54, 1.807) is 12.4 Å². The number of amides is 1. The van der Waals surface area contributed by atoms with Crippen molar-refractivity contribution in [1.29, 1.82) is 0 Å². The summed E-state index contributed by atoms with van der Waals surface area (Å²) < 4.78 is 6.10. The second-order valence-corrected chi connectivity index (χ2v) is 10.3. The van der Waals surface area contributed by atoms with Crippen LogP contribution in [0, 0.1) is 6.92 Å². The zero-order valence-corrected chi connectivity index (χ0v) is 22.9. The van der Waals surface area contributed by atoms with Gasteiger partial charge in [0.25, 0.3) is 5.91 Å². The fraction of sp³-hybridized carbons (Fsp3) is 0.276. The van der Waals surface area contributed by atoms with Crippen molar-refractivity contribution in [2.24, 2.45) is 0 Å². The SMILES string of the molecule is Cc1ccc(N2CCN(C(=O)COc3ccc4cc3CCc3cncc(c3)Nc3ncc(Cl)c(n3)N4)CC2)nc1. The maximum absolute atomic E-state index is 13.0. The molecular formula is C29H29ClN8O2. The summed E-state index contributed by atoms with van der Waals surface area (Å²) in [5.74, 6) is 2.49. The lowest BCUT2D eigenvalue weighted by molar-refractivity contribution is -0.133. The fourth-order valence-corrected chi connectivity index (χ4v) is 4.95. The third-order valence-electron chi connectivity index (χ3n) is 7.00. The lowest BCUT2D eigenvalue weighted by Crippen LogP contribution is -2.50. The molecule has 6 bridgehead atoms. The highest BCUT2D eigenvalue weighted by Gasteiger charge is 2.22. The molecule has 204 valence electrons. The number of carbonyl (C=O) groups excluding carboxylic acids is 1. The van der Waals surface area contributed by atoms with Gasteiger partial charge < -0.3 is 25.2 Å². The minimum atomic E-state index is -0.0289. The first-order valence-electron chi connectivity index (χ1n) is 13.2. The average Bonchev–Trinajstić information content (AvgIpc) is 2.98. The quantitative estimate of drug-likeness (QED) is 0.374. The summed E-state index contributed by atoms with van der Waals surface area (Å²) in [7, 11) is 0. The van der Waals surface area contributed by atoms with E-state index in [0.717, 1.165) is 53.4 Å². The molecule has 10 nitrogen and oxygen atoms in total. The Balaban J connectivity index is 1.15. The third kappa shape index (κ3) is 5.91. The molecule has 1 amide bonds. The summed E-state index contributed by atoms with van der Waals surface area (Å²) in [6.45, 7) is 4.74. The van der Waals surface area contributed by atoms with Gasteiger partial charge in [-0.25, -0.2) is 9.97 Å². The molecule has 1 saturated heterocycles. The number of aryl methyl sites for hydroxylation is 3. The number of nitrogens with one attached hydrogen (secondary N) is 2. The molecule has 2 aliphatic rings. The van der Waals surface area contributed by atoms with Gasteiger partial charge in [-0.2, -0.15) is 4.98 Å². The van der Waals surface area contributed by atoms with Crippen LogP contribution in [-0.2, 0) is 17.6 Å². The number of hydrogen-bond acceptors (Lipinski definition) is 9. The summed E-state index contributed by atoms with van der Waals surface area (Å²) in [6.07, 6.45) is 8.43. The number of ether oxygens (including phenoxy) is 1. The summed E-state index contributed by atoms with van der Waals surface area (Å²) in [4.78, 5) is 34.8. The number of piperazine rings is 1. The predicted molar refractivity (Wildman–Crippen MR) is 155 cm³/mol. The number of nitrogens with zero attached hydrogens (tertiary/aromatic N) is 6. The van der Waals surface area contributed by atoms with Crippen molar-refractivity contribution < 1.29 is 9.53 Å². The van der Waals surface area contributed by atoms with Gasteiger partial charge in [-0.15, -0.1) is 0 Å². The summed E-state index contributed by atoms with van der Waals surface area (Å²) in [5, 5.41) is 6.87. The Morgan fingerprint density at radius 1 is 0.950 bits per heavy atom. The first-order chi connectivity index (χ1) is 19.5. The van der Waals surface area contributed by atoms with Crippen LogP contribution < -0.4 is 20.3 Å². The molecular weight excluding hydrogens is 528 g/mol. The normalized spacial score (nSPS) is 14.7. The number of carbonyl (C=O) groups is 1. The molecule has 11 heteroatoms. The molecule has 0 spiro atoms. The monoisotopic (exact) mass is 556 g/mol. The molecule has 0 aliphatic carbocycles. The number of rotatable bonds is 4. The summed E-state index contributed by atoms with van der Waals surface area (Å²) >= 11 is 6.37. The Morgan fingerprint density at radius 3 is 2.65 bits per heavy atom. The van der Waals surface area contributed by atoms with E-state index in [9.17, 15) is 4.79 Å².